The summed E-state index contributed by atoms with van der Waals surface area (Å²) in [5.41, 5.74) is 2.12. The molecule has 0 spiro atoms. The molecule has 0 unspecified atom stereocenters. The highest BCUT2D eigenvalue weighted by Crippen LogP contribution is 2.20. The molecule has 3 aromatic rings. The number of fused-ring (bicyclic) bond motifs is 1. The third-order valence-corrected chi connectivity index (χ3v) is 5.14. The first-order valence-electron chi connectivity index (χ1n) is 10.6. The third-order valence-electron chi connectivity index (χ3n) is 5.14. The molecule has 0 atom stereocenters. The van der Waals surface area contributed by atoms with Gasteiger partial charge in [-0.1, -0.05) is 43.9 Å². The van der Waals surface area contributed by atoms with E-state index in [1.54, 1.807) is 0 Å². The lowest BCUT2D eigenvalue weighted by Gasteiger charge is -2.09. The Hall–Kier alpha value is -3.06. The van der Waals surface area contributed by atoms with Crippen molar-refractivity contribution >= 4 is 16.6 Å². The van der Waals surface area contributed by atoms with Gasteiger partial charge >= 0.3 is 0 Å². The van der Waals surface area contributed by atoms with E-state index in [1.807, 2.05) is 30.5 Å². The monoisotopic (exact) mass is 410 g/mol. The van der Waals surface area contributed by atoms with Crippen LogP contribution in [0.5, 0.6) is 5.75 Å². The second-order valence-corrected chi connectivity index (χ2v) is 7.46. The van der Waals surface area contributed by atoms with E-state index in [4.69, 9.17) is 0 Å². The lowest BCUT2D eigenvalue weighted by Crippen LogP contribution is -2.20. The van der Waals surface area contributed by atoms with Crippen LogP contribution in [0.2, 0.25) is 0 Å². The van der Waals surface area contributed by atoms with Crippen LogP contribution >= 0.6 is 0 Å². The normalized spacial score (nSPS) is 11.1. The van der Waals surface area contributed by atoms with Crippen LogP contribution in [0, 0.1) is 0 Å². The number of rotatable bonds is 12. The molecule has 0 saturated carbocycles. The maximum absolute atomic E-state index is 11.4. The summed E-state index contributed by atoms with van der Waals surface area (Å²) in [6.07, 6.45) is 9.82. The van der Waals surface area contributed by atoms with Crippen LogP contribution in [0.25, 0.3) is 10.9 Å². The molecule has 0 radical (unpaired) electrons. The first-order valence-corrected chi connectivity index (χ1v) is 10.6. The first kappa shape index (κ1) is 21.6. The van der Waals surface area contributed by atoms with Gasteiger partial charge in [-0.3, -0.25) is 9.78 Å². The first-order chi connectivity index (χ1) is 14.6. The molecule has 7 heteroatoms. The summed E-state index contributed by atoms with van der Waals surface area (Å²) in [7, 11) is 0. The van der Waals surface area contributed by atoms with Crippen LogP contribution in [0.15, 0.2) is 53.6 Å². The molecule has 0 fully saturated rings. The van der Waals surface area contributed by atoms with Crippen molar-refractivity contribution in [1.82, 2.24) is 15.0 Å². The van der Waals surface area contributed by atoms with Crippen LogP contribution in [0.1, 0.15) is 44.2 Å². The van der Waals surface area contributed by atoms with Gasteiger partial charge < -0.3 is 20.9 Å². The number of aromatic nitrogens is 2. The van der Waals surface area contributed by atoms with Gasteiger partial charge in [-0.25, -0.2) is 0 Å². The number of nitrogens with zero attached hydrogens (tertiary/aromatic N) is 2. The second kappa shape index (κ2) is 11.2. The topological polar surface area (TPSA) is 99.4 Å². The molecule has 2 heterocycles. The van der Waals surface area contributed by atoms with Crippen molar-refractivity contribution in [3.63, 3.8) is 0 Å². The van der Waals surface area contributed by atoms with Crippen molar-refractivity contribution in [2.24, 2.45) is 0 Å². The largest absolute Gasteiger partial charge is 0.503 e. The Balaban J connectivity index is 1.22. The number of benzene rings is 1. The number of hydrogen-bond acceptors (Lipinski definition) is 6. The molecule has 160 valence electrons. The molecular weight excluding hydrogens is 380 g/mol. The van der Waals surface area contributed by atoms with Gasteiger partial charge in [-0.2, -0.15) is 4.73 Å². The number of aromatic hydroxyl groups is 1. The Kier molecular flexibility index (Phi) is 8.09. The molecule has 0 aliphatic carbocycles. The van der Waals surface area contributed by atoms with Crippen molar-refractivity contribution in [1.29, 1.82) is 0 Å². The molecule has 4 N–H and O–H groups in total. The Morgan fingerprint density at radius 2 is 1.70 bits per heavy atom. The highest BCUT2D eigenvalue weighted by molar-refractivity contribution is 5.90. The molecular formula is C23H30N4O3. The summed E-state index contributed by atoms with van der Waals surface area (Å²) in [5.74, 6) is -0.453. The van der Waals surface area contributed by atoms with E-state index >= 15 is 0 Å². The highest BCUT2D eigenvalue weighted by atomic mass is 16.5. The quantitative estimate of drug-likeness (QED) is 0.267. The van der Waals surface area contributed by atoms with E-state index in [1.165, 1.54) is 25.3 Å². The molecule has 0 bridgehead atoms. The average molecular weight is 411 g/mol. The maximum Gasteiger partial charge on any atom is 0.223 e. The summed E-state index contributed by atoms with van der Waals surface area (Å²) in [6.45, 7) is 2.18. The highest BCUT2D eigenvalue weighted by Gasteiger charge is 2.04. The van der Waals surface area contributed by atoms with E-state index in [0.717, 1.165) is 59.9 Å². The van der Waals surface area contributed by atoms with Crippen molar-refractivity contribution < 1.29 is 10.3 Å². The van der Waals surface area contributed by atoms with Crippen LogP contribution in [-0.4, -0.2) is 33.1 Å². The Morgan fingerprint density at radius 3 is 2.53 bits per heavy atom. The summed E-state index contributed by atoms with van der Waals surface area (Å²) in [5, 5.41) is 26.8. The molecule has 2 aromatic heterocycles. The average Bonchev–Trinajstić information content (AvgIpc) is 2.75. The summed E-state index contributed by atoms with van der Waals surface area (Å²) in [4.78, 5) is 15.8. The van der Waals surface area contributed by atoms with Crippen LogP contribution < -0.4 is 16.1 Å². The minimum atomic E-state index is -0.483. The van der Waals surface area contributed by atoms with Crippen molar-refractivity contribution in [2.45, 2.75) is 45.1 Å². The Bertz CT molecular complexity index is 998. The standard InChI is InChI=1S/C23H30N4O3/c28-22-15-18(27(30)17-23(22)29)16-24-12-7-3-1-2-4-8-13-25-21-11-14-26-20-10-6-5-9-19(20)21/h5-6,9-11,14-15,17,24,29-30H,1-4,7-8,12-13,16H2,(H,25,26). The second-order valence-electron chi connectivity index (χ2n) is 7.46. The van der Waals surface area contributed by atoms with Gasteiger partial charge in [0.05, 0.1) is 17.4 Å². The van der Waals surface area contributed by atoms with E-state index in [-0.39, 0.29) is 0 Å². The SMILES string of the molecule is O=c1cc(CNCCCCCCCCNc2ccnc3ccccc23)n(O)cc1O. The smallest absolute Gasteiger partial charge is 0.223 e. The van der Waals surface area contributed by atoms with E-state index < -0.39 is 11.2 Å². The number of hydrogen-bond donors (Lipinski definition) is 4. The summed E-state index contributed by atoms with van der Waals surface area (Å²) < 4.78 is 0.784. The van der Waals surface area contributed by atoms with Gasteiger partial charge in [0.2, 0.25) is 5.43 Å². The zero-order valence-electron chi connectivity index (χ0n) is 17.2. The van der Waals surface area contributed by atoms with E-state index in [0.29, 0.717) is 12.2 Å². The van der Waals surface area contributed by atoms with Gasteiger partial charge in [0, 0.05) is 36.4 Å². The minimum absolute atomic E-state index is 0.390. The van der Waals surface area contributed by atoms with Crippen LogP contribution in [0.3, 0.4) is 0 Å². The molecule has 30 heavy (non-hydrogen) atoms. The van der Waals surface area contributed by atoms with Crippen LogP contribution in [0.4, 0.5) is 5.69 Å². The number of pyridine rings is 2. The zero-order valence-corrected chi connectivity index (χ0v) is 17.2. The number of nitrogens with one attached hydrogen (secondary N) is 2. The molecule has 3 rings (SSSR count). The molecule has 0 saturated heterocycles. The number of anilines is 1. The predicted molar refractivity (Wildman–Crippen MR) is 119 cm³/mol. The van der Waals surface area contributed by atoms with E-state index in [2.05, 4.69) is 21.7 Å². The Morgan fingerprint density at radius 1 is 0.967 bits per heavy atom. The number of para-hydroxylation sites is 1. The lowest BCUT2D eigenvalue weighted by molar-refractivity contribution is 0.169. The van der Waals surface area contributed by atoms with Gasteiger partial charge in [0.25, 0.3) is 0 Å². The Labute approximate surface area is 176 Å². The van der Waals surface area contributed by atoms with Crippen molar-refractivity contribution in [2.75, 3.05) is 18.4 Å². The molecule has 7 nitrogen and oxygen atoms in total. The van der Waals surface area contributed by atoms with E-state index in [9.17, 15) is 15.1 Å². The zero-order chi connectivity index (χ0) is 21.2. The van der Waals surface area contributed by atoms with Gasteiger partial charge in [-0.05, 0) is 31.5 Å². The van der Waals surface area contributed by atoms with Gasteiger partial charge in [0.15, 0.2) is 5.75 Å². The number of unbranched alkanes of at least 4 members (excludes halogenated alkanes) is 5. The fourth-order valence-electron chi connectivity index (χ4n) is 3.46. The van der Waals surface area contributed by atoms with Crippen LogP contribution in [-0.2, 0) is 6.54 Å². The summed E-state index contributed by atoms with van der Waals surface area (Å²) >= 11 is 0. The minimum Gasteiger partial charge on any atom is -0.503 e. The fraction of sp³-hybridized carbons (Fsp3) is 0.391. The lowest BCUT2D eigenvalue weighted by atomic mass is 10.1. The van der Waals surface area contributed by atoms with Crippen molar-refractivity contribution in [3.8, 4) is 5.75 Å². The summed E-state index contributed by atoms with van der Waals surface area (Å²) in [6, 6.07) is 11.4. The molecule has 0 amide bonds. The molecule has 1 aromatic carbocycles. The van der Waals surface area contributed by atoms with Gasteiger partial charge in [0.1, 0.15) is 0 Å². The third kappa shape index (κ3) is 6.22. The predicted octanol–water partition coefficient (Wildman–Crippen LogP) is 3.88. The molecule has 0 aliphatic heterocycles. The van der Waals surface area contributed by atoms with Crippen molar-refractivity contribution in [3.05, 3.63) is 64.7 Å². The van der Waals surface area contributed by atoms with Gasteiger partial charge in [-0.15, -0.1) is 0 Å². The fourth-order valence-corrected chi connectivity index (χ4v) is 3.46. The molecule has 0 aliphatic rings. The maximum atomic E-state index is 11.4.